The minimum atomic E-state index is -1.41. The maximum absolute atomic E-state index is 12.3. The van der Waals surface area contributed by atoms with Crippen molar-refractivity contribution in [1.29, 1.82) is 0 Å². The van der Waals surface area contributed by atoms with E-state index in [2.05, 4.69) is 10.6 Å². The third kappa shape index (κ3) is 8.97. The van der Waals surface area contributed by atoms with Crippen LogP contribution in [-0.4, -0.2) is 63.2 Å². The summed E-state index contributed by atoms with van der Waals surface area (Å²) >= 11 is 0. The summed E-state index contributed by atoms with van der Waals surface area (Å²) in [4.78, 5) is 56.5. The van der Waals surface area contributed by atoms with Crippen molar-refractivity contribution in [3.05, 3.63) is 0 Å². The van der Waals surface area contributed by atoms with E-state index in [4.69, 9.17) is 21.1 Å². The number of carbonyl (C=O) groups is 5. The highest BCUT2D eigenvalue weighted by molar-refractivity contribution is 5.90. The number of hydrogen-bond donors (Lipinski definition) is 6. The summed E-state index contributed by atoms with van der Waals surface area (Å²) in [5, 5.41) is 31.0. The molecule has 2 amide bonds. The third-order valence-corrected chi connectivity index (χ3v) is 3.53. The van der Waals surface area contributed by atoms with E-state index in [-0.39, 0.29) is 25.2 Å². The summed E-state index contributed by atoms with van der Waals surface area (Å²) in [6.45, 7) is 3.25. The molecular weight excluding hydrogens is 350 g/mol. The second kappa shape index (κ2) is 11.0. The molecule has 0 rings (SSSR count). The molecule has 0 aromatic carbocycles. The van der Waals surface area contributed by atoms with E-state index in [1.807, 2.05) is 0 Å². The van der Waals surface area contributed by atoms with Crippen molar-refractivity contribution in [2.45, 2.75) is 57.7 Å². The van der Waals surface area contributed by atoms with Crippen LogP contribution in [0.1, 0.15) is 39.5 Å². The molecule has 0 saturated carbocycles. The Morgan fingerprint density at radius 1 is 0.885 bits per heavy atom. The molecule has 0 aliphatic rings. The lowest BCUT2D eigenvalue weighted by atomic mass is 10.0. The van der Waals surface area contributed by atoms with E-state index in [1.54, 1.807) is 13.8 Å². The normalized spacial score (nSPS) is 14.2. The number of carboxylic acids is 3. The van der Waals surface area contributed by atoms with E-state index in [9.17, 15) is 24.0 Å². The maximum atomic E-state index is 12.3. The van der Waals surface area contributed by atoms with Gasteiger partial charge in [-0.15, -0.1) is 0 Å². The molecular formula is C15H25N3O8. The molecule has 11 nitrogen and oxygen atoms in total. The molecule has 0 spiro atoms. The summed E-state index contributed by atoms with van der Waals surface area (Å²) in [7, 11) is 0. The minimum absolute atomic E-state index is 0.121. The summed E-state index contributed by atoms with van der Waals surface area (Å²) < 4.78 is 0. The second-order valence-corrected chi connectivity index (χ2v) is 6.10. The maximum Gasteiger partial charge on any atom is 0.326 e. The fraction of sp³-hybridized carbons (Fsp3) is 0.667. The molecule has 0 heterocycles. The van der Waals surface area contributed by atoms with E-state index < -0.39 is 54.3 Å². The highest BCUT2D eigenvalue weighted by Crippen LogP contribution is 2.06. The molecule has 0 fully saturated rings. The first-order chi connectivity index (χ1) is 12.0. The van der Waals surface area contributed by atoms with Gasteiger partial charge in [-0.1, -0.05) is 13.8 Å². The van der Waals surface area contributed by atoms with Gasteiger partial charge in [-0.05, 0) is 18.8 Å². The molecule has 26 heavy (non-hydrogen) atoms. The Hall–Kier alpha value is -2.69. The Labute approximate surface area is 149 Å². The molecule has 0 aliphatic heterocycles. The van der Waals surface area contributed by atoms with Gasteiger partial charge in [0.15, 0.2) is 0 Å². The van der Waals surface area contributed by atoms with Gasteiger partial charge in [0.2, 0.25) is 11.8 Å². The Balaban J connectivity index is 4.82. The van der Waals surface area contributed by atoms with Crippen molar-refractivity contribution in [1.82, 2.24) is 10.6 Å². The molecule has 0 radical (unpaired) electrons. The van der Waals surface area contributed by atoms with Crippen LogP contribution in [0.3, 0.4) is 0 Å². The predicted molar refractivity (Wildman–Crippen MR) is 88.1 cm³/mol. The van der Waals surface area contributed by atoms with Gasteiger partial charge in [0.25, 0.3) is 0 Å². The van der Waals surface area contributed by atoms with Crippen molar-refractivity contribution in [3.63, 3.8) is 0 Å². The minimum Gasteiger partial charge on any atom is -0.481 e. The first-order valence-corrected chi connectivity index (χ1v) is 7.98. The van der Waals surface area contributed by atoms with Crippen LogP contribution in [0.2, 0.25) is 0 Å². The molecule has 0 saturated heterocycles. The van der Waals surface area contributed by atoms with Gasteiger partial charge in [-0.3, -0.25) is 19.2 Å². The molecule has 7 N–H and O–H groups in total. The Morgan fingerprint density at radius 3 is 1.88 bits per heavy atom. The number of nitrogens with two attached hydrogens (primary N) is 1. The monoisotopic (exact) mass is 375 g/mol. The fourth-order valence-electron chi connectivity index (χ4n) is 1.98. The van der Waals surface area contributed by atoms with Gasteiger partial charge in [0.05, 0.1) is 0 Å². The van der Waals surface area contributed by atoms with E-state index in [0.29, 0.717) is 0 Å². The van der Waals surface area contributed by atoms with Gasteiger partial charge < -0.3 is 31.7 Å². The Kier molecular flexibility index (Phi) is 9.89. The fourth-order valence-corrected chi connectivity index (χ4v) is 1.98. The molecule has 3 unspecified atom stereocenters. The molecule has 148 valence electrons. The van der Waals surface area contributed by atoms with Crippen LogP contribution < -0.4 is 16.4 Å². The summed E-state index contributed by atoms with van der Waals surface area (Å²) in [6, 6.07) is -3.67. The molecule has 0 aliphatic carbocycles. The van der Waals surface area contributed by atoms with Crippen LogP contribution in [0.15, 0.2) is 0 Å². The smallest absolute Gasteiger partial charge is 0.326 e. The van der Waals surface area contributed by atoms with Crippen molar-refractivity contribution in [2.75, 3.05) is 0 Å². The van der Waals surface area contributed by atoms with Crippen molar-refractivity contribution < 1.29 is 39.3 Å². The van der Waals surface area contributed by atoms with Gasteiger partial charge in [-0.25, -0.2) is 4.79 Å². The van der Waals surface area contributed by atoms with Crippen LogP contribution in [0, 0.1) is 5.92 Å². The van der Waals surface area contributed by atoms with Crippen LogP contribution in [0.25, 0.3) is 0 Å². The average molecular weight is 375 g/mol. The lowest BCUT2D eigenvalue weighted by molar-refractivity contribution is -0.143. The van der Waals surface area contributed by atoms with E-state index in [0.717, 1.165) is 0 Å². The number of nitrogens with one attached hydrogen (secondary N) is 2. The molecule has 0 bridgehead atoms. The average Bonchev–Trinajstić information content (AvgIpc) is 2.52. The highest BCUT2D eigenvalue weighted by atomic mass is 16.4. The molecule has 3 atom stereocenters. The topological polar surface area (TPSA) is 196 Å². The molecule has 0 aromatic heterocycles. The zero-order chi connectivity index (χ0) is 20.4. The summed E-state index contributed by atoms with van der Waals surface area (Å²) in [5.74, 6) is -5.60. The van der Waals surface area contributed by atoms with Gasteiger partial charge in [-0.2, -0.15) is 0 Å². The molecule has 0 aromatic rings. The van der Waals surface area contributed by atoms with Crippen molar-refractivity contribution >= 4 is 29.7 Å². The highest BCUT2D eigenvalue weighted by Gasteiger charge is 2.29. The zero-order valence-electron chi connectivity index (χ0n) is 14.6. The first-order valence-electron chi connectivity index (χ1n) is 7.98. The van der Waals surface area contributed by atoms with Gasteiger partial charge >= 0.3 is 17.9 Å². The number of aliphatic carboxylic acids is 3. The predicted octanol–water partition coefficient (Wildman–Crippen LogP) is -1.25. The Morgan fingerprint density at radius 2 is 1.46 bits per heavy atom. The van der Waals surface area contributed by atoms with Crippen LogP contribution in [-0.2, 0) is 24.0 Å². The van der Waals surface area contributed by atoms with Crippen LogP contribution >= 0.6 is 0 Å². The zero-order valence-corrected chi connectivity index (χ0v) is 14.6. The SMILES string of the molecule is CC(C)C(NC(=O)CCC(N)C(=O)O)C(=O)NC(CCC(=O)O)C(=O)O. The van der Waals surface area contributed by atoms with Crippen molar-refractivity contribution in [2.24, 2.45) is 11.7 Å². The summed E-state index contributed by atoms with van der Waals surface area (Å²) in [5.41, 5.74) is 5.30. The lowest BCUT2D eigenvalue weighted by Crippen LogP contribution is -2.53. The van der Waals surface area contributed by atoms with Crippen LogP contribution in [0.5, 0.6) is 0 Å². The summed E-state index contributed by atoms with van der Waals surface area (Å²) in [6.07, 6.45) is -1.08. The van der Waals surface area contributed by atoms with E-state index >= 15 is 0 Å². The van der Waals surface area contributed by atoms with Crippen LogP contribution in [0.4, 0.5) is 0 Å². The number of carbonyl (C=O) groups excluding carboxylic acids is 2. The standard InChI is InChI=1S/C15H25N3O8/c1-7(2)12(18-10(19)5-3-8(16)14(23)24)13(22)17-9(15(25)26)4-6-11(20)21/h7-9,12H,3-6,16H2,1-2H3,(H,17,22)(H,18,19)(H,20,21)(H,23,24)(H,25,26). The largest absolute Gasteiger partial charge is 0.481 e. The lowest BCUT2D eigenvalue weighted by Gasteiger charge is -2.24. The third-order valence-electron chi connectivity index (χ3n) is 3.53. The second-order valence-electron chi connectivity index (χ2n) is 6.10. The number of rotatable bonds is 12. The Bertz CT molecular complexity index is 549. The van der Waals surface area contributed by atoms with Crippen molar-refractivity contribution in [3.8, 4) is 0 Å². The first kappa shape index (κ1) is 23.3. The number of carboxylic acid groups (broad SMARTS) is 3. The quantitative estimate of drug-likeness (QED) is 0.241. The van der Waals surface area contributed by atoms with Gasteiger partial charge in [0, 0.05) is 12.8 Å². The van der Waals surface area contributed by atoms with E-state index in [1.165, 1.54) is 0 Å². The van der Waals surface area contributed by atoms with Gasteiger partial charge in [0.1, 0.15) is 18.1 Å². The number of hydrogen-bond acceptors (Lipinski definition) is 6. The number of amides is 2. The molecule has 11 heteroatoms.